The molecule has 0 rings (SSSR count). The standard InChI is InChI=1S/C15H27NO/c1-5-6-7-8-14(17)10-9-13(11-12-16)15(2,3)4/h13H,7-12,16H2,1-4H3. The average molecular weight is 237 g/mol. The average Bonchev–Trinajstić information content (AvgIpc) is 2.23. The molecule has 0 bridgehead atoms. The van der Waals surface area contributed by atoms with Crippen LogP contribution in [0.5, 0.6) is 0 Å². The van der Waals surface area contributed by atoms with Gasteiger partial charge in [-0.1, -0.05) is 20.8 Å². The van der Waals surface area contributed by atoms with Crippen molar-refractivity contribution in [2.45, 2.75) is 59.8 Å². The fourth-order valence-corrected chi connectivity index (χ4v) is 2.00. The summed E-state index contributed by atoms with van der Waals surface area (Å²) in [7, 11) is 0. The summed E-state index contributed by atoms with van der Waals surface area (Å²) in [5.74, 6) is 6.61. The minimum absolute atomic E-state index is 0.239. The highest BCUT2D eigenvalue weighted by atomic mass is 16.1. The van der Waals surface area contributed by atoms with Gasteiger partial charge in [0.15, 0.2) is 0 Å². The first-order valence-electron chi connectivity index (χ1n) is 6.53. The maximum absolute atomic E-state index is 11.7. The first-order valence-corrected chi connectivity index (χ1v) is 6.53. The summed E-state index contributed by atoms with van der Waals surface area (Å²) < 4.78 is 0. The minimum Gasteiger partial charge on any atom is -0.330 e. The van der Waals surface area contributed by atoms with Crippen LogP contribution in [0.2, 0.25) is 0 Å². The molecule has 0 aliphatic rings. The molecule has 0 aromatic rings. The molecule has 98 valence electrons. The molecule has 0 aromatic carbocycles. The van der Waals surface area contributed by atoms with Crippen molar-refractivity contribution in [3.8, 4) is 11.8 Å². The van der Waals surface area contributed by atoms with Gasteiger partial charge in [0.25, 0.3) is 0 Å². The number of nitrogens with two attached hydrogens (primary N) is 1. The number of hydrogen-bond acceptors (Lipinski definition) is 2. The summed E-state index contributed by atoms with van der Waals surface area (Å²) in [6.45, 7) is 9.18. The van der Waals surface area contributed by atoms with Gasteiger partial charge < -0.3 is 5.73 Å². The van der Waals surface area contributed by atoms with Gasteiger partial charge in [0.05, 0.1) is 0 Å². The number of rotatable bonds is 7. The predicted octanol–water partition coefficient (Wildman–Crippen LogP) is 3.15. The van der Waals surface area contributed by atoms with Gasteiger partial charge in [-0.05, 0) is 37.6 Å². The molecule has 0 saturated carbocycles. The summed E-state index contributed by atoms with van der Waals surface area (Å²) in [6.07, 6.45) is 3.94. The van der Waals surface area contributed by atoms with Crippen molar-refractivity contribution in [1.82, 2.24) is 0 Å². The number of carbonyl (C=O) groups excluding carboxylic acids is 1. The Hall–Kier alpha value is -0.810. The Kier molecular flexibility index (Phi) is 7.91. The molecule has 2 heteroatoms. The first kappa shape index (κ1) is 16.2. The van der Waals surface area contributed by atoms with Crippen molar-refractivity contribution in [2.24, 2.45) is 17.1 Å². The van der Waals surface area contributed by atoms with Gasteiger partial charge in [-0.15, -0.1) is 11.8 Å². The first-order chi connectivity index (χ1) is 7.91. The largest absolute Gasteiger partial charge is 0.330 e. The Bertz CT molecular complexity index is 278. The molecule has 0 heterocycles. The van der Waals surface area contributed by atoms with Gasteiger partial charge in [0.2, 0.25) is 0 Å². The normalized spacial score (nSPS) is 12.8. The van der Waals surface area contributed by atoms with Crippen molar-refractivity contribution in [2.75, 3.05) is 6.54 Å². The predicted molar refractivity (Wildman–Crippen MR) is 73.5 cm³/mol. The van der Waals surface area contributed by atoms with Gasteiger partial charge in [-0.25, -0.2) is 0 Å². The summed E-state index contributed by atoms with van der Waals surface area (Å²) >= 11 is 0. The van der Waals surface area contributed by atoms with Crippen LogP contribution in [0.4, 0.5) is 0 Å². The zero-order valence-corrected chi connectivity index (χ0v) is 11.8. The lowest BCUT2D eigenvalue weighted by atomic mass is 9.76. The van der Waals surface area contributed by atoms with Crippen LogP contribution in [0.15, 0.2) is 0 Å². The zero-order chi connectivity index (χ0) is 13.3. The lowest BCUT2D eigenvalue weighted by Crippen LogP contribution is -2.24. The van der Waals surface area contributed by atoms with Crippen LogP contribution in [-0.4, -0.2) is 12.3 Å². The van der Waals surface area contributed by atoms with E-state index in [1.165, 1.54) is 0 Å². The van der Waals surface area contributed by atoms with Crippen LogP contribution in [-0.2, 0) is 4.79 Å². The van der Waals surface area contributed by atoms with Crippen LogP contribution in [0.1, 0.15) is 59.8 Å². The Morgan fingerprint density at radius 3 is 2.35 bits per heavy atom. The van der Waals surface area contributed by atoms with Crippen LogP contribution in [0.3, 0.4) is 0 Å². The number of hydrogen-bond donors (Lipinski definition) is 1. The molecule has 0 amide bonds. The highest BCUT2D eigenvalue weighted by Gasteiger charge is 2.24. The lowest BCUT2D eigenvalue weighted by Gasteiger charge is -2.30. The van der Waals surface area contributed by atoms with E-state index in [2.05, 4.69) is 32.6 Å². The van der Waals surface area contributed by atoms with E-state index >= 15 is 0 Å². The fraction of sp³-hybridized carbons (Fsp3) is 0.800. The van der Waals surface area contributed by atoms with E-state index < -0.39 is 0 Å². The number of carbonyl (C=O) groups is 1. The molecular formula is C15H27NO. The maximum Gasteiger partial charge on any atom is 0.133 e. The molecule has 2 N–H and O–H groups in total. The van der Waals surface area contributed by atoms with Gasteiger partial charge >= 0.3 is 0 Å². The molecule has 1 atom stereocenters. The highest BCUT2D eigenvalue weighted by molar-refractivity contribution is 5.78. The summed E-state index contributed by atoms with van der Waals surface area (Å²) in [5, 5.41) is 0. The second-order valence-corrected chi connectivity index (χ2v) is 5.64. The highest BCUT2D eigenvalue weighted by Crippen LogP contribution is 2.32. The van der Waals surface area contributed by atoms with E-state index in [0.717, 1.165) is 12.8 Å². The van der Waals surface area contributed by atoms with Crippen LogP contribution >= 0.6 is 0 Å². The number of ketones is 1. The van der Waals surface area contributed by atoms with E-state index in [4.69, 9.17) is 5.73 Å². The minimum atomic E-state index is 0.239. The third kappa shape index (κ3) is 7.99. The van der Waals surface area contributed by atoms with Gasteiger partial charge in [-0.3, -0.25) is 4.79 Å². The zero-order valence-electron chi connectivity index (χ0n) is 11.8. The van der Waals surface area contributed by atoms with E-state index in [-0.39, 0.29) is 5.41 Å². The molecule has 0 aliphatic heterocycles. The van der Waals surface area contributed by atoms with Gasteiger partial charge in [0, 0.05) is 19.3 Å². The third-order valence-electron chi connectivity index (χ3n) is 3.22. The molecule has 0 aromatic heterocycles. The van der Waals surface area contributed by atoms with Crippen molar-refractivity contribution in [1.29, 1.82) is 0 Å². The van der Waals surface area contributed by atoms with Gasteiger partial charge in [-0.2, -0.15) is 0 Å². The SMILES string of the molecule is CC#CCCC(=O)CCC(CCN)C(C)(C)C. The third-order valence-corrected chi connectivity index (χ3v) is 3.22. The van der Waals surface area contributed by atoms with Crippen LogP contribution < -0.4 is 5.73 Å². The quantitative estimate of drug-likeness (QED) is 0.691. The summed E-state index contributed by atoms with van der Waals surface area (Å²) in [4.78, 5) is 11.7. The molecule has 0 aliphatic carbocycles. The second-order valence-electron chi connectivity index (χ2n) is 5.64. The van der Waals surface area contributed by atoms with Crippen molar-refractivity contribution >= 4 is 5.78 Å². The Morgan fingerprint density at radius 1 is 1.24 bits per heavy atom. The fourth-order valence-electron chi connectivity index (χ4n) is 2.00. The Balaban J connectivity index is 4.03. The molecule has 2 nitrogen and oxygen atoms in total. The van der Waals surface area contributed by atoms with Crippen LogP contribution in [0.25, 0.3) is 0 Å². The Morgan fingerprint density at radius 2 is 1.88 bits per heavy atom. The van der Waals surface area contributed by atoms with E-state index in [1.54, 1.807) is 6.92 Å². The molecule has 1 unspecified atom stereocenters. The summed E-state index contributed by atoms with van der Waals surface area (Å²) in [6, 6.07) is 0. The topological polar surface area (TPSA) is 43.1 Å². The molecule has 0 spiro atoms. The van der Waals surface area contributed by atoms with E-state index in [0.29, 0.717) is 37.5 Å². The molecule has 0 fully saturated rings. The number of Topliss-reactive ketones (excluding diaryl/α,β-unsaturated/α-hetero) is 1. The monoisotopic (exact) mass is 237 g/mol. The summed E-state index contributed by atoms with van der Waals surface area (Å²) in [5.41, 5.74) is 5.87. The van der Waals surface area contributed by atoms with Crippen molar-refractivity contribution in [3.63, 3.8) is 0 Å². The second kappa shape index (κ2) is 8.31. The molecule has 17 heavy (non-hydrogen) atoms. The molecular weight excluding hydrogens is 210 g/mol. The van der Waals surface area contributed by atoms with Crippen molar-refractivity contribution < 1.29 is 4.79 Å². The van der Waals surface area contributed by atoms with Crippen LogP contribution in [0, 0.1) is 23.2 Å². The van der Waals surface area contributed by atoms with E-state index in [1.807, 2.05) is 0 Å². The Labute approximate surface area is 106 Å². The van der Waals surface area contributed by atoms with E-state index in [9.17, 15) is 4.79 Å². The maximum atomic E-state index is 11.7. The van der Waals surface area contributed by atoms with Gasteiger partial charge in [0.1, 0.15) is 5.78 Å². The molecule has 0 radical (unpaired) electrons. The molecule has 0 saturated heterocycles. The van der Waals surface area contributed by atoms with Crippen molar-refractivity contribution in [3.05, 3.63) is 0 Å². The smallest absolute Gasteiger partial charge is 0.133 e. The lowest BCUT2D eigenvalue weighted by molar-refractivity contribution is -0.119.